The minimum Gasteiger partial charge on any atom is -0.478 e. The maximum absolute atomic E-state index is 12.4. The first kappa shape index (κ1) is 10.1. The van der Waals surface area contributed by atoms with E-state index in [1.54, 1.807) is 6.92 Å². The standard InChI is InChI=1S/C7H10F2O2/c1-2-4-7(8,9)5-3-6(10)11/h3,5H,2,4H2,1H3,(H,10,11)/b5-3+. The molecule has 0 unspecified atom stereocenters. The van der Waals surface area contributed by atoms with E-state index in [0.717, 1.165) is 0 Å². The van der Waals surface area contributed by atoms with E-state index in [1.165, 1.54) is 0 Å². The smallest absolute Gasteiger partial charge is 0.328 e. The molecule has 0 rings (SSSR count). The Balaban J connectivity index is 3.99. The first-order chi connectivity index (χ1) is 4.98. The zero-order valence-electron chi connectivity index (χ0n) is 6.18. The zero-order chi connectivity index (χ0) is 8.91. The second kappa shape index (κ2) is 4.05. The van der Waals surface area contributed by atoms with E-state index in [9.17, 15) is 13.6 Å². The van der Waals surface area contributed by atoms with Gasteiger partial charge in [-0.3, -0.25) is 0 Å². The Morgan fingerprint density at radius 3 is 2.55 bits per heavy atom. The summed E-state index contributed by atoms with van der Waals surface area (Å²) in [5.74, 6) is -4.33. The predicted octanol–water partition coefficient (Wildman–Crippen LogP) is 2.06. The molecule has 0 saturated heterocycles. The van der Waals surface area contributed by atoms with E-state index in [2.05, 4.69) is 0 Å². The third-order valence-corrected chi connectivity index (χ3v) is 1.05. The van der Waals surface area contributed by atoms with E-state index in [1.807, 2.05) is 0 Å². The van der Waals surface area contributed by atoms with Gasteiger partial charge in [0, 0.05) is 12.5 Å². The van der Waals surface area contributed by atoms with Crippen molar-refractivity contribution >= 4 is 5.97 Å². The number of carboxylic acids is 1. The Bertz CT molecular complexity index is 164. The highest BCUT2D eigenvalue weighted by Crippen LogP contribution is 2.21. The molecule has 1 N–H and O–H groups in total. The van der Waals surface area contributed by atoms with Crippen molar-refractivity contribution in [2.45, 2.75) is 25.7 Å². The van der Waals surface area contributed by atoms with Gasteiger partial charge in [-0.25, -0.2) is 13.6 Å². The number of allylic oxidation sites excluding steroid dienone is 1. The van der Waals surface area contributed by atoms with E-state index in [-0.39, 0.29) is 6.42 Å². The van der Waals surface area contributed by atoms with E-state index in [4.69, 9.17) is 5.11 Å². The van der Waals surface area contributed by atoms with Gasteiger partial charge in [-0.15, -0.1) is 0 Å². The second-order valence-corrected chi connectivity index (χ2v) is 2.18. The molecule has 11 heavy (non-hydrogen) atoms. The van der Waals surface area contributed by atoms with Gasteiger partial charge in [0.1, 0.15) is 0 Å². The summed E-state index contributed by atoms with van der Waals surface area (Å²) in [7, 11) is 0. The average molecular weight is 164 g/mol. The summed E-state index contributed by atoms with van der Waals surface area (Å²) in [6.45, 7) is 1.61. The Kier molecular flexibility index (Phi) is 3.71. The third-order valence-electron chi connectivity index (χ3n) is 1.05. The number of halogens is 2. The van der Waals surface area contributed by atoms with Gasteiger partial charge in [0.25, 0.3) is 5.92 Å². The summed E-state index contributed by atoms with van der Waals surface area (Å²) >= 11 is 0. The highest BCUT2D eigenvalue weighted by molar-refractivity contribution is 5.79. The largest absolute Gasteiger partial charge is 0.478 e. The van der Waals surface area contributed by atoms with Gasteiger partial charge in [-0.2, -0.15) is 0 Å². The molecule has 0 atom stereocenters. The summed E-state index contributed by atoms with van der Waals surface area (Å²) in [5, 5.41) is 8.02. The Morgan fingerprint density at radius 1 is 1.64 bits per heavy atom. The Hall–Kier alpha value is -0.930. The van der Waals surface area contributed by atoms with Crippen molar-refractivity contribution in [1.82, 2.24) is 0 Å². The molecule has 0 aliphatic heterocycles. The summed E-state index contributed by atoms with van der Waals surface area (Å²) < 4.78 is 24.9. The lowest BCUT2D eigenvalue weighted by Crippen LogP contribution is -2.11. The SMILES string of the molecule is CCCC(F)(F)/C=C/C(=O)O. The highest BCUT2D eigenvalue weighted by atomic mass is 19.3. The van der Waals surface area contributed by atoms with Gasteiger partial charge in [-0.1, -0.05) is 13.3 Å². The first-order valence-corrected chi connectivity index (χ1v) is 3.28. The molecule has 0 aliphatic carbocycles. The highest BCUT2D eigenvalue weighted by Gasteiger charge is 2.23. The molecule has 2 nitrogen and oxygen atoms in total. The number of hydrogen-bond donors (Lipinski definition) is 1. The van der Waals surface area contributed by atoms with E-state index >= 15 is 0 Å². The number of carboxylic acid groups (broad SMARTS) is 1. The quantitative estimate of drug-likeness (QED) is 0.646. The lowest BCUT2D eigenvalue weighted by Gasteiger charge is -2.08. The normalized spacial score (nSPS) is 12.3. The van der Waals surface area contributed by atoms with Gasteiger partial charge in [0.05, 0.1) is 0 Å². The predicted molar refractivity (Wildman–Crippen MR) is 36.6 cm³/mol. The van der Waals surface area contributed by atoms with Gasteiger partial charge in [0.2, 0.25) is 0 Å². The Morgan fingerprint density at radius 2 is 2.18 bits per heavy atom. The van der Waals surface area contributed by atoms with Gasteiger partial charge >= 0.3 is 5.97 Å². The average Bonchev–Trinajstić information content (AvgIpc) is 1.84. The van der Waals surface area contributed by atoms with Crippen LogP contribution >= 0.6 is 0 Å². The van der Waals surface area contributed by atoms with Crippen molar-refractivity contribution in [2.75, 3.05) is 0 Å². The molecule has 0 heterocycles. The number of alkyl halides is 2. The van der Waals surface area contributed by atoms with Crippen molar-refractivity contribution in [2.24, 2.45) is 0 Å². The van der Waals surface area contributed by atoms with Crippen LogP contribution in [0.5, 0.6) is 0 Å². The molecule has 0 bridgehead atoms. The maximum atomic E-state index is 12.4. The van der Waals surface area contributed by atoms with Crippen LogP contribution in [0.1, 0.15) is 19.8 Å². The molecule has 0 aromatic rings. The molecule has 4 heteroatoms. The molecule has 0 aliphatic rings. The molecular formula is C7H10F2O2. The maximum Gasteiger partial charge on any atom is 0.328 e. The minimum absolute atomic E-state index is 0.309. The fourth-order valence-corrected chi connectivity index (χ4v) is 0.610. The van der Waals surface area contributed by atoms with Crippen molar-refractivity contribution in [3.05, 3.63) is 12.2 Å². The van der Waals surface area contributed by atoms with Gasteiger partial charge < -0.3 is 5.11 Å². The zero-order valence-corrected chi connectivity index (χ0v) is 6.18. The summed E-state index contributed by atoms with van der Waals surface area (Å²) in [4.78, 5) is 9.83. The fourth-order valence-electron chi connectivity index (χ4n) is 0.610. The van der Waals surface area contributed by atoms with Crippen LogP contribution in [-0.2, 0) is 4.79 Å². The lowest BCUT2D eigenvalue weighted by atomic mass is 10.2. The van der Waals surface area contributed by atoms with Crippen LogP contribution in [0.2, 0.25) is 0 Å². The van der Waals surface area contributed by atoms with Crippen LogP contribution in [-0.4, -0.2) is 17.0 Å². The van der Waals surface area contributed by atoms with Crippen LogP contribution in [0.15, 0.2) is 12.2 Å². The molecule has 0 aromatic heterocycles. The van der Waals surface area contributed by atoms with E-state index < -0.39 is 11.9 Å². The van der Waals surface area contributed by atoms with Crippen molar-refractivity contribution in [1.29, 1.82) is 0 Å². The summed E-state index contributed by atoms with van der Waals surface area (Å²) in [6.07, 6.45) is 0.905. The molecule has 0 aromatic carbocycles. The van der Waals surface area contributed by atoms with Crippen LogP contribution in [0.3, 0.4) is 0 Å². The monoisotopic (exact) mass is 164 g/mol. The van der Waals surface area contributed by atoms with Gasteiger partial charge in [-0.05, 0) is 6.08 Å². The topological polar surface area (TPSA) is 37.3 Å². The van der Waals surface area contributed by atoms with Crippen molar-refractivity contribution in [3.63, 3.8) is 0 Å². The first-order valence-electron chi connectivity index (χ1n) is 3.28. The van der Waals surface area contributed by atoms with Crippen LogP contribution in [0.4, 0.5) is 8.78 Å². The fraction of sp³-hybridized carbons (Fsp3) is 0.571. The Labute approximate surface area is 63.5 Å². The van der Waals surface area contributed by atoms with Crippen molar-refractivity contribution in [3.8, 4) is 0 Å². The minimum atomic E-state index is -2.98. The number of hydrogen-bond acceptors (Lipinski definition) is 1. The molecular weight excluding hydrogens is 154 g/mol. The second-order valence-electron chi connectivity index (χ2n) is 2.18. The summed E-state index contributed by atoms with van der Waals surface area (Å²) in [6, 6.07) is 0. The number of carbonyl (C=O) groups is 1. The molecule has 0 fully saturated rings. The van der Waals surface area contributed by atoms with Crippen LogP contribution in [0, 0.1) is 0 Å². The third kappa shape index (κ3) is 5.51. The van der Waals surface area contributed by atoms with Crippen LogP contribution in [0.25, 0.3) is 0 Å². The molecule has 0 amide bonds. The lowest BCUT2D eigenvalue weighted by molar-refractivity contribution is -0.131. The van der Waals surface area contributed by atoms with E-state index in [0.29, 0.717) is 18.6 Å². The summed E-state index contributed by atoms with van der Waals surface area (Å²) in [5.41, 5.74) is 0. The molecule has 0 saturated carbocycles. The van der Waals surface area contributed by atoms with Crippen LogP contribution < -0.4 is 0 Å². The number of rotatable bonds is 4. The molecule has 0 spiro atoms. The molecule has 64 valence electrons. The number of aliphatic carboxylic acids is 1. The van der Waals surface area contributed by atoms with Gasteiger partial charge in [0.15, 0.2) is 0 Å². The van der Waals surface area contributed by atoms with Crippen molar-refractivity contribution < 1.29 is 18.7 Å². The molecule has 0 radical (unpaired) electrons.